The molecule has 120 valence electrons. The van der Waals surface area contributed by atoms with E-state index < -0.39 is 0 Å². The zero-order valence-corrected chi connectivity index (χ0v) is 13.3. The van der Waals surface area contributed by atoms with Crippen molar-refractivity contribution in [2.24, 2.45) is 13.0 Å². The Morgan fingerprint density at radius 1 is 1.26 bits per heavy atom. The van der Waals surface area contributed by atoms with Crippen molar-refractivity contribution in [1.29, 1.82) is 0 Å². The zero-order chi connectivity index (χ0) is 15.8. The lowest BCUT2D eigenvalue weighted by molar-refractivity contribution is -0.138. The standard InChI is InChI=1S/C18H21N3O2/c1-20-16(6-9-19-20)17-15(8-11-23-17)18(22)21-10-7-13-4-2-3-5-14(13)12-21/h2-6,9,15,17H,7-8,10-12H2,1H3/t15-,17-/m1/s1. The molecule has 5 nitrogen and oxygen atoms in total. The minimum atomic E-state index is -0.174. The van der Waals surface area contributed by atoms with E-state index in [1.165, 1.54) is 11.1 Å². The van der Waals surface area contributed by atoms with Crippen LogP contribution in [0.4, 0.5) is 0 Å². The number of benzene rings is 1. The van der Waals surface area contributed by atoms with Gasteiger partial charge in [-0.25, -0.2) is 0 Å². The first-order valence-electron chi connectivity index (χ1n) is 8.19. The molecule has 3 heterocycles. The van der Waals surface area contributed by atoms with Crippen LogP contribution in [0.25, 0.3) is 0 Å². The molecule has 1 saturated heterocycles. The average Bonchev–Trinajstić information content (AvgIpc) is 3.22. The van der Waals surface area contributed by atoms with E-state index in [1.807, 2.05) is 28.8 Å². The number of ether oxygens (including phenoxy) is 1. The van der Waals surface area contributed by atoms with E-state index in [9.17, 15) is 4.79 Å². The molecule has 0 radical (unpaired) electrons. The van der Waals surface area contributed by atoms with Crippen LogP contribution >= 0.6 is 0 Å². The molecular formula is C18H21N3O2. The molecular weight excluding hydrogens is 290 g/mol. The highest BCUT2D eigenvalue weighted by molar-refractivity contribution is 5.80. The number of hydrogen-bond acceptors (Lipinski definition) is 3. The number of nitrogens with zero attached hydrogens (tertiary/aromatic N) is 3. The minimum absolute atomic E-state index is 0.101. The summed E-state index contributed by atoms with van der Waals surface area (Å²) in [5, 5.41) is 4.21. The summed E-state index contributed by atoms with van der Waals surface area (Å²) in [6, 6.07) is 10.3. The Balaban J connectivity index is 1.54. The van der Waals surface area contributed by atoms with Crippen molar-refractivity contribution in [2.75, 3.05) is 13.2 Å². The molecule has 1 amide bonds. The van der Waals surface area contributed by atoms with Gasteiger partial charge in [0.05, 0.1) is 11.6 Å². The Hall–Kier alpha value is -2.14. The predicted molar refractivity (Wildman–Crippen MR) is 85.6 cm³/mol. The van der Waals surface area contributed by atoms with Gasteiger partial charge in [0, 0.05) is 32.9 Å². The lowest BCUT2D eigenvalue weighted by atomic mass is 9.94. The third-order valence-corrected chi connectivity index (χ3v) is 5.00. The number of fused-ring (bicyclic) bond motifs is 1. The van der Waals surface area contributed by atoms with Gasteiger partial charge >= 0.3 is 0 Å². The smallest absolute Gasteiger partial charge is 0.229 e. The van der Waals surface area contributed by atoms with Gasteiger partial charge in [-0.1, -0.05) is 24.3 Å². The van der Waals surface area contributed by atoms with Gasteiger partial charge in [-0.15, -0.1) is 0 Å². The molecule has 0 saturated carbocycles. The van der Waals surface area contributed by atoms with Gasteiger partial charge < -0.3 is 9.64 Å². The van der Waals surface area contributed by atoms with Gasteiger partial charge in [-0.3, -0.25) is 9.48 Å². The number of rotatable bonds is 2. The summed E-state index contributed by atoms with van der Waals surface area (Å²) in [7, 11) is 1.90. The number of aryl methyl sites for hydroxylation is 1. The lowest BCUT2D eigenvalue weighted by Crippen LogP contribution is -2.40. The highest BCUT2D eigenvalue weighted by Crippen LogP contribution is 2.36. The highest BCUT2D eigenvalue weighted by Gasteiger charge is 2.39. The summed E-state index contributed by atoms with van der Waals surface area (Å²) in [6.07, 6.45) is 3.31. The van der Waals surface area contributed by atoms with E-state index in [1.54, 1.807) is 6.20 Å². The molecule has 1 aromatic carbocycles. The van der Waals surface area contributed by atoms with Gasteiger partial charge in [0.1, 0.15) is 6.10 Å². The van der Waals surface area contributed by atoms with E-state index >= 15 is 0 Å². The lowest BCUT2D eigenvalue weighted by Gasteiger charge is -2.32. The Morgan fingerprint density at radius 2 is 2.09 bits per heavy atom. The predicted octanol–water partition coefficient (Wildman–Crippen LogP) is 2.08. The molecule has 1 fully saturated rings. The summed E-state index contributed by atoms with van der Waals surface area (Å²) in [6.45, 7) is 2.14. The molecule has 2 aromatic rings. The van der Waals surface area contributed by atoms with E-state index in [0.29, 0.717) is 13.2 Å². The molecule has 2 aliphatic rings. The molecule has 2 atom stereocenters. The van der Waals surface area contributed by atoms with Gasteiger partial charge in [-0.05, 0) is 30.0 Å². The van der Waals surface area contributed by atoms with Crippen molar-refractivity contribution in [3.8, 4) is 0 Å². The van der Waals surface area contributed by atoms with Crippen molar-refractivity contribution >= 4 is 5.91 Å². The fourth-order valence-electron chi connectivity index (χ4n) is 3.72. The molecule has 0 unspecified atom stereocenters. The second-order valence-electron chi connectivity index (χ2n) is 6.34. The largest absolute Gasteiger partial charge is 0.371 e. The Kier molecular flexibility index (Phi) is 3.65. The fourth-order valence-corrected chi connectivity index (χ4v) is 3.72. The molecule has 0 spiro atoms. The van der Waals surface area contributed by atoms with Crippen molar-refractivity contribution in [3.05, 3.63) is 53.3 Å². The molecule has 0 bridgehead atoms. The van der Waals surface area contributed by atoms with Crippen molar-refractivity contribution in [1.82, 2.24) is 14.7 Å². The number of aromatic nitrogens is 2. The second-order valence-corrected chi connectivity index (χ2v) is 6.34. The SMILES string of the molecule is Cn1nccc1[C@@H]1OCC[C@H]1C(=O)N1CCc2ccccc2C1. The topological polar surface area (TPSA) is 47.4 Å². The first-order chi connectivity index (χ1) is 11.2. The first-order valence-corrected chi connectivity index (χ1v) is 8.19. The van der Waals surface area contributed by atoms with Crippen LogP contribution in [0, 0.1) is 5.92 Å². The molecule has 0 aliphatic carbocycles. The van der Waals surface area contributed by atoms with Crippen molar-refractivity contribution in [3.63, 3.8) is 0 Å². The number of carbonyl (C=O) groups excluding carboxylic acids is 1. The fraction of sp³-hybridized carbons (Fsp3) is 0.444. The molecule has 23 heavy (non-hydrogen) atoms. The van der Waals surface area contributed by atoms with Crippen LogP contribution in [0.5, 0.6) is 0 Å². The van der Waals surface area contributed by atoms with E-state index in [2.05, 4.69) is 23.3 Å². The quantitative estimate of drug-likeness (QED) is 0.853. The van der Waals surface area contributed by atoms with Gasteiger partial charge in [0.25, 0.3) is 0 Å². The Bertz CT molecular complexity index is 725. The summed E-state index contributed by atoms with van der Waals surface area (Å²) in [5.74, 6) is 0.110. The maximum atomic E-state index is 13.0. The van der Waals surface area contributed by atoms with Crippen molar-refractivity contribution in [2.45, 2.75) is 25.5 Å². The molecule has 1 aromatic heterocycles. The summed E-state index contributed by atoms with van der Waals surface area (Å²) in [4.78, 5) is 15.0. The van der Waals surface area contributed by atoms with Crippen LogP contribution in [0.1, 0.15) is 29.3 Å². The van der Waals surface area contributed by atoms with E-state index in [4.69, 9.17) is 4.74 Å². The van der Waals surface area contributed by atoms with Crippen LogP contribution in [-0.4, -0.2) is 33.7 Å². The number of hydrogen-bond donors (Lipinski definition) is 0. The normalized spacial score (nSPS) is 23.8. The third-order valence-electron chi connectivity index (χ3n) is 5.00. The summed E-state index contributed by atoms with van der Waals surface area (Å²) >= 11 is 0. The number of amides is 1. The minimum Gasteiger partial charge on any atom is -0.371 e. The Labute approximate surface area is 135 Å². The Morgan fingerprint density at radius 3 is 2.87 bits per heavy atom. The van der Waals surface area contributed by atoms with Crippen LogP contribution in [0.15, 0.2) is 36.5 Å². The van der Waals surface area contributed by atoms with Crippen LogP contribution in [0.3, 0.4) is 0 Å². The maximum absolute atomic E-state index is 13.0. The third kappa shape index (κ3) is 2.55. The zero-order valence-electron chi connectivity index (χ0n) is 13.3. The monoisotopic (exact) mass is 311 g/mol. The second kappa shape index (κ2) is 5.81. The van der Waals surface area contributed by atoms with Crippen molar-refractivity contribution < 1.29 is 9.53 Å². The van der Waals surface area contributed by atoms with E-state index in [0.717, 1.165) is 25.1 Å². The van der Waals surface area contributed by atoms with E-state index in [-0.39, 0.29) is 17.9 Å². The molecule has 2 aliphatic heterocycles. The first kappa shape index (κ1) is 14.5. The average molecular weight is 311 g/mol. The summed E-state index contributed by atoms with van der Waals surface area (Å²) < 4.78 is 7.67. The molecule has 4 rings (SSSR count). The summed E-state index contributed by atoms with van der Waals surface area (Å²) in [5.41, 5.74) is 3.61. The molecule has 0 N–H and O–H groups in total. The molecule has 5 heteroatoms. The van der Waals surface area contributed by atoms with Gasteiger partial charge in [-0.2, -0.15) is 5.10 Å². The number of carbonyl (C=O) groups is 1. The van der Waals surface area contributed by atoms with Crippen LogP contribution in [-0.2, 0) is 29.5 Å². The van der Waals surface area contributed by atoms with Gasteiger partial charge in [0.15, 0.2) is 0 Å². The highest BCUT2D eigenvalue weighted by atomic mass is 16.5. The van der Waals surface area contributed by atoms with Crippen LogP contribution in [0.2, 0.25) is 0 Å². The van der Waals surface area contributed by atoms with Crippen LogP contribution < -0.4 is 0 Å². The maximum Gasteiger partial charge on any atom is 0.229 e. The van der Waals surface area contributed by atoms with Gasteiger partial charge in [0.2, 0.25) is 5.91 Å².